The molecule has 0 heterocycles. The SMILES string of the molecule is O=C(NN=Cc1ccccc1C(F)(F)F)c1cc2ccccc2cc1O. The van der Waals surface area contributed by atoms with Crippen LogP contribution in [0.4, 0.5) is 13.2 Å². The molecular weight excluding hydrogens is 345 g/mol. The van der Waals surface area contributed by atoms with Gasteiger partial charge < -0.3 is 5.11 Å². The summed E-state index contributed by atoms with van der Waals surface area (Å²) in [6.07, 6.45) is -3.61. The molecule has 0 aliphatic heterocycles. The van der Waals surface area contributed by atoms with Crippen molar-refractivity contribution in [3.05, 3.63) is 77.4 Å². The topological polar surface area (TPSA) is 61.7 Å². The second-order valence-corrected chi connectivity index (χ2v) is 5.50. The molecule has 132 valence electrons. The molecule has 3 rings (SSSR count). The molecule has 0 radical (unpaired) electrons. The molecule has 0 saturated heterocycles. The van der Waals surface area contributed by atoms with Crippen molar-refractivity contribution in [1.82, 2.24) is 5.43 Å². The Bertz CT molecular complexity index is 997. The molecule has 0 fully saturated rings. The Labute approximate surface area is 146 Å². The highest BCUT2D eigenvalue weighted by molar-refractivity contribution is 6.01. The summed E-state index contributed by atoms with van der Waals surface area (Å²) in [7, 11) is 0. The van der Waals surface area contributed by atoms with E-state index in [4.69, 9.17) is 0 Å². The number of hydrazone groups is 1. The van der Waals surface area contributed by atoms with Crippen LogP contribution < -0.4 is 5.43 Å². The summed E-state index contributed by atoms with van der Waals surface area (Å²) in [5, 5.41) is 15.1. The summed E-state index contributed by atoms with van der Waals surface area (Å²) in [5.41, 5.74) is 1.08. The Morgan fingerprint density at radius 1 is 1.00 bits per heavy atom. The lowest BCUT2D eigenvalue weighted by molar-refractivity contribution is -0.137. The van der Waals surface area contributed by atoms with Crippen molar-refractivity contribution in [3.63, 3.8) is 0 Å². The molecule has 0 atom stereocenters. The van der Waals surface area contributed by atoms with Crippen LogP contribution in [0.2, 0.25) is 0 Å². The molecule has 0 spiro atoms. The van der Waals surface area contributed by atoms with E-state index in [-0.39, 0.29) is 16.9 Å². The van der Waals surface area contributed by atoms with Crippen molar-refractivity contribution in [2.24, 2.45) is 5.10 Å². The number of fused-ring (bicyclic) bond motifs is 1. The second-order valence-electron chi connectivity index (χ2n) is 5.50. The summed E-state index contributed by atoms with van der Waals surface area (Å²) >= 11 is 0. The van der Waals surface area contributed by atoms with Crippen LogP contribution in [0, 0.1) is 0 Å². The first-order valence-corrected chi connectivity index (χ1v) is 7.57. The summed E-state index contributed by atoms with van der Waals surface area (Å²) in [6.45, 7) is 0. The molecule has 3 aromatic rings. The maximum Gasteiger partial charge on any atom is 0.417 e. The van der Waals surface area contributed by atoms with Crippen LogP contribution in [0.5, 0.6) is 5.75 Å². The minimum absolute atomic E-state index is 0.0232. The largest absolute Gasteiger partial charge is 0.507 e. The van der Waals surface area contributed by atoms with Crippen molar-refractivity contribution < 1.29 is 23.1 Å². The van der Waals surface area contributed by atoms with Gasteiger partial charge in [0, 0.05) is 5.56 Å². The standard InChI is InChI=1S/C19H13F3N2O2/c20-19(21,22)16-8-4-3-7-14(16)11-23-24-18(26)15-9-12-5-1-2-6-13(12)10-17(15)25/h1-11,25H,(H,24,26). The lowest BCUT2D eigenvalue weighted by atomic mass is 10.1. The number of halogens is 3. The molecule has 7 heteroatoms. The molecule has 0 bridgehead atoms. The fourth-order valence-corrected chi connectivity index (χ4v) is 2.50. The average molecular weight is 358 g/mol. The number of nitrogens with one attached hydrogen (secondary N) is 1. The predicted octanol–water partition coefficient (Wildman–Crippen LogP) is 4.33. The van der Waals surface area contributed by atoms with Gasteiger partial charge in [0.25, 0.3) is 5.91 Å². The zero-order chi connectivity index (χ0) is 18.7. The third-order valence-corrected chi connectivity index (χ3v) is 3.74. The van der Waals surface area contributed by atoms with Gasteiger partial charge in [-0.1, -0.05) is 42.5 Å². The van der Waals surface area contributed by atoms with Gasteiger partial charge in [0.05, 0.1) is 17.3 Å². The van der Waals surface area contributed by atoms with E-state index >= 15 is 0 Å². The van der Waals surface area contributed by atoms with Crippen molar-refractivity contribution in [1.29, 1.82) is 0 Å². The molecule has 0 unspecified atom stereocenters. The van der Waals surface area contributed by atoms with Crippen LogP contribution in [0.3, 0.4) is 0 Å². The van der Waals surface area contributed by atoms with Crippen molar-refractivity contribution in [3.8, 4) is 5.75 Å². The fourth-order valence-electron chi connectivity index (χ4n) is 2.50. The van der Waals surface area contributed by atoms with Gasteiger partial charge in [-0.05, 0) is 29.0 Å². The van der Waals surface area contributed by atoms with E-state index in [2.05, 4.69) is 10.5 Å². The molecule has 0 aliphatic carbocycles. The number of carbonyl (C=O) groups excluding carboxylic acids is 1. The molecule has 26 heavy (non-hydrogen) atoms. The first-order chi connectivity index (χ1) is 12.4. The van der Waals surface area contributed by atoms with Crippen LogP contribution >= 0.6 is 0 Å². The number of carbonyl (C=O) groups is 1. The van der Waals surface area contributed by atoms with E-state index in [9.17, 15) is 23.1 Å². The summed E-state index contributed by atoms with van der Waals surface area (Å²) in [6, 6.07) is 14.9. The van der Waals surface area contributed by atoms with Gasteiger partial charge in [-0.2, -0.15) is 18.3 Å². The highest BCUT2D eigenvalue weighted by Crippen LogP contribution is 2.31. The lowest BCUT2D eigenvalue weighted by Crippen LogP contribution is -2.18. The second kappa shape index (κ2) is 6.87. The third kappa shape index (κ3) is 3.66. The fraction of sp³-hybridized carbons (Fsp3) is 0.0526. The quantitative estimate of drug-likeness (QED) is 0.541. The molecule has 0 saturated carbocycles. The van der Waals surface area contributed by atoms with Crippen LogP contribution in [0.25, 0.3) is 10.8 Å². The minimum Gasteiger partial charge on any atom is -0.507 e. The Morgan fingerprint density at radius 2 is 1.62 bits per heavy atom. The normalized spacial score (nSPS) is 11.8. The Balaban J connectivity index is 1.82. The Hall–Kier alpha value is -3.35. The van der Waals surface area contributed by atoms with Gasteiger partial charge in [0.2, 0.25) is 0 Å². The van der Waals surface area contributed by atoms with Crippen LogP contribution in [-0.2, 0) is 6.18 Å². The number of alkyl halides is 3. The zero-order valence-electron chi connectivity index (χ0n) is 13.3. The van der Waals surface area contributed by atoms with Crippen molar-refractivity contribution >= 4 is 22.9 Å². The van der Waals surface area contributed by atoms with Gasteiger partial charge in [-0.15, -0.1) is 0 Å². The van der Waals surface area contributed by atoms with E-state index < -0.39 is 17.6 Å². The van der Waals surface area contributed by atoms with Crippen molar-refractivity contribution in [2.45, 2.75) is 6.18 Å². The highest BCUT2D eigenvalue weighted by Gasteiger charge is 2.32. The van der Waals surface area contributed by atoms with Crippen LogP contribution in [0.1, 0.15) is 21.5 Å². The number of amides is 1. The maximum absolute atomic E-state index is 12.9. The van der Waals surface area contributed by atoms with Gasteiger partial charge in [0.15, 0.2) is 0 Å². The van der Waals surface area contributed by atoms with Gasteiger partial charge in [0.1, 0.15) is 5.75 Å². The number of hydrogen-bond acceptors (Lipinski definition) is 3. The van der Waals surface area contributed by atoms with Gasteiger partial charge in [-0.3, -0.25) is 4.79 Å². The maximum atomic E-state index is 12.9. The van der Waals surface area contributed by atoms with Crippen molar-refractivity contribution in [2.75, 3.05) is 0 Å². The number of nitrogens with zero attached hydrogens (tertiary/aromatic N) is 1. The first-order valence-electron chi connectivity index (χ1n) is 7.57. The summed E-state index contributed by atoms with van der Waals surface area (Å²) in [5.74, 6) is -0.971. The average Bonchev–Trinajstić information content (AvgIpc) is 2.60. The number of phenols is 1. The number of benzene rings is 3. The smallest absolute Gasteiger partial charge is 0.417 e. The van der Waals surface area contributed by atoms with Gasteiger partial charge >= 0.3 is 6.18 Å². The van der Waals surface area contributed by atoms with Crippen LogP contribution in [-0.4, -0.2) is 17.2 Å². The Morgan fingerprint density at radius 3 is 2.31 bits per heavy atom. The molecule has 2 N–H and O–H groups in total. The third-order valence-electron chi connectivity index (χ3n) is 3.74. The predicted molar refractivity (Wildman–Crippen MR) is 92.1 cm³/mol. The monoisotopic (exact) mass is 358 g/mol. The molecule has 0 aromatic heterocycles. The van der Waals surface area contributed by atoms with E-state index in [0.29, 0.717) is 0 Å². The van der Waals surface area contributed by atoms with E-state index in [1.54, 1.807) is 24.3 Å². The first kappa shape index (κ1) is 17.5. The number of hydrogen-bond donors (Lipinski definition) is 2. The van der Waals surface area contributed by atoms with Crippen LogP contribution in [0.15, 0.2) is 65.8 Å². The van der Waals surface area contributed by atoms with Gasteiger partial charge in [-0.25, -0.2) is 5.43 Å². The summed E-state index contributed by atoms with van der Waals surface area (Å²) in [4.78, 5) is 12.2. The van der Waals surface area contributed by atoms with E-state index in [0.717, 1.165) is 23.1 Å². The zero-order valence-corrected chi connectivity index (χ0v) is 13.3. The highest BCUT2D eigenvalue weighted by atomic mass is 19.4. The lowest BCUT2D eigenvalue weighted by Gasteiger charge is -2.09. The summed E-state index contributed by atoms with van der Waals surface area (Å²) < 4.78 is 38.8. The number of aromatic hydroxyl groups is 1. The molecular formula is C19H13F3N2O2. The molecule has 4 nitrogen and oxygen atoms in total. The van der Waals surface area contributed by atoms with E-state index in [1.165, 1.54) is 30.3 Å². The minimum atomic E-state index is -4.52. The molecule has 3 aromatic carbocycles. The Kier molecular flexibility index (Phi) is 4.62. The van der Waals surface area contributed by atoms with E-state index in [1.807, 2.05) is 0 Å². The molecule has 0 aliphatic rings. The number of phenolic OH excluding ortho intramolecular Hbond substituents is 1. The molecule has 1 amide bonds. The number of rotatable bonds is 3.